The van der Waals surface area contributed by atoms with E-state index in [0.29, 0.717) is 19.1 Å². The topological polar surface area (TPSA) is 41.1 Å². The molecule has 0 heterocycles. The summed E-state index contributed by atoms with van der Waals surface area (Å²) in [4.78, 5) is 11.6. The highest BCUT2D eigenvalue weighted by Crippen LogP contribution is 2.18. The van der Waals surface area contributed by atoms with Crippen LogP contribution in [0.4, 0.5) is 0 Å². The third-order valence-corrected chi connectivity index (χ3v) is 3.80. The van der Waals surface area contributed by atoms with Crippen molar-refractivity contribution in [2.24, 2.45) is 0 Å². The maximum atomic E-state index is 11.6. The van der Waals surface area contributed by atoms with E-state index in [1.807, 2.05) is 0 Å². The fourth-order valence-corrected chi connectivity index (χ4v) is 2.21. The first-order chi connectivity index (χ1) is 9.06. The van der Waals surface area contributed by atoms with Crippen LogP contribution in [0.1, 0.15) is 35.1 Å². The standard InChI is InChI=1S/C16H24N2O/c1-11-8-13(3)14(9-12(11)2)6-7-17-16(19)10-18-15-4-5-15/h8-9,15,18H,4-7,10H2,1-3H3,(H,17,19). The molecule has 1 fully saturated rings. The monoisotopic (exact) mass is 260 g/mol. The molecule has 0 aromatic heterocycles. The molecule has 1 saturated carbocycles. The van der Waals surface area contributed by atoms with Crippen LogP contribution in [0.5, 0.6) is 0 Å². The highest BCUT2D eigenvalue weighted by atomic mass is 16.1. The molecule has 0 bridgehead atoms. The van der Waals surface area contributed by atoms with Crippen molar-refractivity contribution < 1.29 is 4.79 Å². The summed E-state index contributed by atoms with van der Waals surface area (Å²) in [6, 6.07) is 5.05. The van der Waals surface area contributed by atoms with E-state index < -0.39 is 0 Å². The molecule has 1 aliphatic rings. The summed E-state index contributed by atoms with van der Waals surface area (Å²) in [6.07, 6.45) is 3.34. The molecule has 19 heavy (non-hydrogen) atoms. The van der Waals surface area contributed by atoms with Gasteiger partial charge in [-0.15, -0.1) is 0 Å². The van der Waals surface area contributed by atoms with Gasteiger partial charge in [-0.1, -0.05) is 12.1 Å². The number of hydrogen-bond acceptors (Lipinski definition) is 2. The average Bonchev–Trinajstić information content (AvgIpc) is 3.17. The van der Waals surface area contributed by atoms with Gasteiger partial charge in [-0.05, 0) is 62.3 Å². The molecule has 104 valence electrons. The molecule has 1 aromatic carbocycles. The summed E-state index contributed by atoms with van der Waals surface area (Å²) >= 11 is 0. The maximum absolute atomic E-state index is 11.6. The van der Waals surface area contributed by atoms with Crippen molar-refractivity contribution in [1.82, 2.24) is 10.6 Å². The average molecular weight is 260 g/mol. The van der Waals surface area contributed by atoms with E-state index in [0.717, 1.165) is 6.42 Å². The summed E-state index contributed by atoms with van der Waals surface area (Å²) < 4.78 is 0. The van der Waals surface area contributed by atoms with Crippen molar-refractivity contribution in [2.75, 3.05) is 13.1 Å². The van der Waals surface area contributed by atoms with Crippen molar-refractivity contribution in [3.05, 3.63) is 34.4 Å². The minimum Gasteiger partial charge on any atom is -0.355 e. The van der Waals surface area contributed by atoms with Gasteiger partial charge < -0.3 is 10.6 Å². The zero-order valence-corrected chi connectivity index (χ0v) is 12.2. The lowest BCUT2D eigenvalue weighted by Crippen LogP contribution is -2.35. The first-order valence-corrected chi connectivity index (χ1v) is 7.13. The number of aryl methyl sites for hydroxylation is 3. The molecule has 2 N–H and O–H groups in total. The second kappa shape index (κ2) is 6.20. The molecule has 3 heteroatoms. The first kappa shape index (κ1) is 14.1. The number of amides is 1. The number of rotatable bonds is 6. The van der Waals surface area contributed by atoms with Crippen molar-refractivity contribution >= 4 is 5.91 Å². The number of hydrogen-bond donors (Lipinski definition) is 2. The first-order valence-electron chi connectivity index (χ1n) is 7.13. The zero-order valence-electron chi connectivity index (χ0n) is 12.2. The molecule has 0 saturated heterocycles. The Labute approximate surface area is 115 Å². The van der Waals surface area contributed by atoms with Crippen molar-refractivity contribution in [1.29, 1.82) is 0 Å². The van der Waals surface area contributed by atoms with Crippen LogP contribution in [-0.4, -0.2) is 25.0 Å². The summed E-state index contributed by atoms with van der Waals surface area (Å²) in [5.41, 5.74) is 5.30. The van der Waals surface area contributed by atoms with Gasteiger partial charge in [0.05, 0.1) is 6.54 Å². The van der Waals surface area contributed by atoms with Crippen LogP contribution in [-0.2, 0) is 11.2 Å². The summed E-state index contributed by atoms with van der Waals surface area (Å²) in [5, 5.41) is 6.20. The van der Waals surface area contributed by atoms with Crippen molar-refractivity contribution in [3.8, 4) is 0 Å². The zero-order chi connectivity index (χ0) is 13.8. The van der Waals surface area contributed by atoms with Crippen molar-refractivity contribution in [2.45, 2.75) is 46.1 Å². The van der Waals surface area contributed by atoms with Crippen molar-refractivity contribution in [3.63, 3.8) is 0 Å². The van der Waals surface area contributed by atoms with Gasteiger partial charge in [0.15, 0.2) is 0 Å². The highest BCUT2D eigenvalue weighted by molar-refractivity contribution is 5.78. The van der Waals surface area contributed by atoms with Gasteiger partial charge in [0.2, 0.25) is 5.91 Å². The Hall–Kier alpha value is -1.35. The summed E-state index contributed by atoms with van der Waals surface area (Å²) in [7, 11) is 0. The molecule has 0 aliphatic heterocycles. The van der Waals surface area contributed by atoms with E-state index in [9.17, 15) is 4.79 Å². The van der Waals surface area contributed by atoms with Crippen LogP contribution in [0.2, 0.25) is 0 Å². The van der Waals surface area contributed by atoms with Gasteiger partial charge in [0.1, 0.15) is 0 Å². The van der Waals surface area contributed by atoms with Crippen LogP contribution < -0.4 is 10.6 Å². The third kappa shape index (κ3) is 4.35. The van der Waals surface area contributed by atoms with Crippen LogP contribution in [0.15, 0.2) is 12.1 Å². The lowest BCUT2D eigenvalue weighted by Gasteiger charge is -2.11. The van der Waals surface area contributed by atoms with E-state index >= 15 is 0 Å². The molecular weight excluding hydrogens is 236 g/mol. The minimum absolute atomic E-state index is 0.105. The fourth-order valence-electron chi connectivity index (χ4n) is 2.21. The largest absolute Gasteiger partial charge is 0.355 e. The Morgan fingerprint density at radius 3 is 2.53 bits per heavy atom. The van der Waals surface area contributed by atoms with Crippen LogP contribution >= 0.6 is 0 Å². The predicted octanol–water partition coefficient (Wildman–Crippen LogP) is 2.02. The number of nitrogens with one attached hydrogen (secondary N) is 2. The molecule has 0 unspecified atom stereocenters. The summed E-state index contributed by atoms with van der Waals surface area (Å²) in [6.45, 7) is 7.58. The fraction of sp³-hybridized carbons (Fsp3) is 0.562. The van der Waals surface area contributed by atoms with Crippen LogP contribution in [0, 0.1) is 20.8 Å². The Kier molecular flexibility index (Phi) is 4.59. The smallest absolute Gasteiger partial charge is 0.233 e. The van der Waals surface area contributed by atoms with Gasteiger partial charge in [-0.2, -0.15) is 0 Å². The van der Waals surface area contributed by atoms with Gasteiger partial charge in [0.25, 0.3) is 0 Å². The Morgan fingerprint density at radius 1 is 1.16 bits per heavy atom. The van der Waals surface area contributed by atoms with Gasteiger partial charge >= 0.3 is 0 Å². The molecule has 1 aliphatic carbocycles. The quantitative estimate of drug-likeness (QED) is 0.821. The SMILES string of the molecule is Cc1cc(C)c(CCNC(=O)CNC2CC2)cc1C. The van der Waals surface area contributed by atoms with Crippen LogP contribution in [0.25, 0.3) is 0 Å². The Balaban J connectivity index is 1.75. The van der Waals surface area contributed by atoms with Gasteiger partial charge in [0, 0.05) is 12.6 Å². The highest BCUT2D eigenvalue weighted by Gasteiger charge is 2.20. The molecule has 0 atom stereocenters. The predicted molar refractivity (Wildman–Crippen MR) is 78.4 cm³/mol. The molecule has 1 amide bonds. The number of benzene rings is 1. The number of carbonyl (C=O) groups is 1. The Bertz CT molecular complexity index is 464. The Morgan fingerprint density at radius 2 is 1.84 bits per heavy atom. The van der Waals surface area contributed by atoms with Gasteiger partial charge in [-0.25, -0.2) is 0 Å². The molecule has 3 nitrogen and oxygen atoms in total. The minimum atomic E-state index is 0.105. The maximum Gasteiger partial charge on any atom is 0.233 e. The second-order valence-corrected chi connectivity index (χ2v) is 5.62. The van der Waals surface area contributed by atoms with E-state index in [1.165, 1.54) is 35.1 Å². The van der Waals surface area contributed by atoms with Gasteiger partial charge in [-0.3, -0.25) is 4.79 Å². The third-order valence-electron chi connectivity index (χ3n) is 3.80. The molecule has 1 aromatic rings. The van der Waals surface area contributed by atoms with Crippen LogP contribution in [0.3, 0.4) is 0 Å². The molecular formula is C16H24N2O. The summed E-state index contributed by atoms with van der Waals surface area (Å²) in [5.74, 6) is 0.105. The van der Waals surface area contributed by atoms with E-state index in [2.05, 4.69) is 43.5 Å². The normalized spacial score (nSPS) is 14.5. The van der Waals surface area contributed by atoms with E-state index in [-0.39, 0.29) is 5.91 Å². The van der Waals surface area contributed by atoms with E-state index in [1.54, 1.807) is 0 Å². The molecule has 2 rings (SSSR count). The number of carbonyl (C=O) groups excluding carboxylic acids is 1. The second-order valence-electron chi connectivity index (χ2n) is 5.62. The van der Waals surface area contributed by atoms with E-state index in [4.69, 9.17) is 0 Å². The lowest BCUT2D eigenvalue weighted by atomic mass is 9.99. The lowest BCUT2D eigenvalue weighted by molar-refractivity contribution is -0.120. The molecule has 0 spiro atoms. The molecule has 0 radical (unpaired) electrons.